The van der Waals surface area contributed by atoms with Crippen molar-refractivity contribution in [2.24, 2.45) is 0 Å². The molecule has 0 amide bonds. The first-order valence-electron chi connectivity index (χ1n) is 4.77. The molecule has 2 heterocycles. The molecule has 80 valence electrons. The van der Waals surface area contributed by atoms with Crippen LogP contribution in [0.2, 0.25) is 5.15 Å². The van der Waals surface area contributed by atoms with E-state index in [0.29, 0.717) is 11.8 Å². The zero-order valence-corrected chi connectivity index (χ0v) is 9.45. The highest BCUT2D eigenvalue weighted by Gasteiger charge is 2.08. The monoisotopic (exact) mass is 225 g/mol. The van der Waals surface area contributed by atoms with Crippen molar-refractivity contribution < 1.29 is 4.74 Å². The van der Waals surface area contributed by atoms with E-state index in [1.165, 1.54) is 0 Å². The predicted molar refractivity (Wildman–Crippen MR) is 58.1 cm³/mol. The second-order valence-electron chi connectivity index (χ2n) is 3.26. The number of nitrogens with zero attached hydrogens (tertiary/aromatic N) is 3. The molecule has 0 aromatic carbocycles. The van der Waals surface area contributed by atoms with Crippen LogP contribution in [0.3, 0.4) is 0 Å². The molecule has 4 nitrogen and oxygen atoms in total. The maximum Gasteiger partial charge on any atom is 0.160 e. The topological polar surface area (TPSA) is 39.4 Å². The van der Waals surface area contributed by atoms with Crippen LogP contribution in [-0.2, 0) is 17.8 Å². The third-order valence-electron chi connectivity index (χ3n) is 2.23. The minimum Gasteiger partial charge on any atom is -0.378 e. The third kappa shape index (κ3) is 1.82. The Morgan fingerprint density at radius 2 is 2.33 bits per heavy atom. The molecule has 2 aromatic rings. The molecular weight excluding hydrogens is 214 g/mol. The Morgan fingerprint density at radius 1 is 1.53 bits per heavy atom. The van der Waals surface area contributed by atoms with Crippen LogP contribution < -0.4 is 0 Å². The van der Waals surface area contributed by atoms with Gasteiger partial charge in [-0.1, -0.05) is 18.5 Å². The molecule has 0 radical (unpaired) electrons. The molecule has 0 saturated carbocycles. The number of hydrogen-bond acceptors (Lipinski definition) is 3. The summed E-state index contributed by atoms with van der Waals surface area (Å²) in [5, 5.41) is 4.73. The summed E-state index contributed by atoms with van der Waals surface area (Å²) in [5.74, 6) is 0. The number of fused-ring (bicyclic) bond motifs is 1. The SMILES string of the molecule is CCc1cnn2c(Cl)cc(COC)nc12. The van der Waals surface area contributed by atoms with Crippen LogP contribution in [0.4, 0.5) is 0 Å². The molecule has 0 fully saturated rings. The van der Waals surface area contributed by atoms with Gasteiger partial charge < -0.3 is 4.74 Å². The van der Waals surface area contributed by atoms with Gasteiger partial charge in [-0.25, -0.2) is 9.50 Å². The lowest BCUT2D eigenvalue weighted by atomic mass is 10.2. The molecule has 2 aromatic heterocycles. The summed E-state index contributed by atoms with van der Waals surface area (Å²) >= 11 is 6.07. The highest BCUT2D eigenvalue weighted by Crippen LogP contribution is 2.16. The molecule has 0 saturated heterocycles. The average Bonchev–Trinajstić information content (AvgIpc) is 2.61. The molecule has 0 spiro atoms. The molecule has 0 bridgehead atoms. The molecule has 0 atom stereocenters. The fraction of sp³-hybridized carbons (Fsp3) is 0.400. The van der Waals surface area contributed by atoms with Gasteiger partial charge in [0.2, 0.25) is 0 Å². The van der Waals surface area contributed by atoms with E-state index in [0.717, 1.165) is 23.3 Å². The summed E-state index contributed by atoms with van der Waals surface area (Å²) in [6.45, 7) is 2.53. The lowest BCUT2D eigenvalue weighted by Gasteiger charge is -2.02. The van der Waals surface area contributed by atoms with Crippen molar-refractivity contribution in [1.82, 2.24) is 14.6 Å². The largest absolute Gasteiger partial charge is 0.378 e. The van der Waals surface area contributed by atoms with Crippen molar-refractivity contribution in [1.29, 1.82) is 0 Å². The van der Waals surface area contributed by atoms with Crippen molar-refractivity contribution in [2.75, 3.05) is 7.11 Å². The predicted octanol–water partition coefficient (Wildman–Crippen LogP) is 2.09. The van der Waals surface area contributed by atoms with Gasteiger partial charge in [0.25, 0.3) is 0 Å². The Labute approximate surface area is 92.8 Å². The quantitative estimate of drug-likeness (QED) is 0.751. The highest BCUT2D eigenvalue weighted by atomic mass is 35.5. The fourth-order valence-electron chi connectivity index (χ4n) is 1.49. The second-order valence-corrected chi connectivity index (χ2v) is 3.65. The molecule has 5 heteroatoms. The molecular formula is C10H12ClN3O. The van der Waals surface area contributed by atoms with Gasteiger partial charge in [0.15, 0.2) is 5.65 Å². The number of aryl methyl sites for hydroxylation is 1. The van der Waals surface area contributed by atoms with Crippen LogP contribution in [0, 0.1) is 0 Å². The number of ether oxygens (including phenoxy) is 1. The number of hydrogen-bond donors (Lipinski definition) is 0. The van der Waals surface area contributed by atoms with Gasteiger partial charge >= 0.3 is 0 Å². The number of aromatic nitrogens is 3. The van der Waals surface area contributed by atoms with Gasteiger partial charge in [0.05, 0.1) is 18.5 Å². The number of halogens is 1. The van der Waals surface area contributed by atoms with Crippen molar-refractivity contribution in [3.05, 3.63) is 28.7 Å². The Hall–Kier alpha value is -1.13. The van der Waals surface area contributed by atoms with Crippen molar-refractivity contribution in [2.45, 2.75) is 20.0 Å². The van der Waals surface area contributed by atoms with E-state index in [2.05, 4.69) is 17.0 Å². The minimum absolute atomic E-state index is 0.463. The summed E-state index contributed by atoms with van der Waals surface area (Å²) in [6, 6.07) is 1.77. The Bertz CT molecular complexity index is 481. The maximum absolute atomic E-state index is 6.07. The summed E-state index contributed by atoms with van der Waals surface area (Å²) in [4.78, 5) is 4.45. The summed E-state index contributed by atoms with van der Waals surface area (Å²) in [6.07, 6.45) is 2.69. The van der Waals surface area contributed by atoms with Crippen LogP contribution >= 0.6 is 11.6 Å². The zero-order valence-electron chi connectivity index (χ0n) is 8.70. The first-order valence-corrected chi connectivity index (χ1v) is 5.15. The molecule has 2 rings (SSSR count). The number of methoxy groups -OCH3 is 1. The van der Waals surface area contributed by atoms with Gasteiger partial charge in [0.1, 0.15) is 5.15 Å². The van der Waals surface area contributed by atoms with Crippen LogP contribution in [-0.4, -0.2) is 21.7 Å². The van der Waals surface area contributed by atoms with Crippen LogP contribution in [0.5, 0.6) is 0 Å². The lowest BCUT2D eigenvalue weighted by molar-refractivity contribution is 0.181. The number of rotatable bonds is 3. The molecule has 0 aliphatic carbocycles. The molecule has 0 aliphatic rings. The summed E-state index contributed by atoms with van der Waals surface area (Å²) in [5.41, 5.74) is 2.73. The smallest absolute Gasteiger partial charge is 0.160 e. The average molecular weight is 226 g/mol. The van der Waals surface area contributed by atoms with Gasteiger partial charge in [-0.15, -0.1) is 0 Å². The van der Waals surface area contributed by atoms with Gasteiger partial charge in [-0.05, 0) is 12.5 Å². The van der Waals surface area contributed by atoms with Crippen molar-refractivity contribution >= 4 is 17.2 Å². The maximum atomic E-state index is 6.07. The second kappa shape index (κ2) is 4.16. The first-order chi connectivity index (χ1) is 7.26. The van der Waals surface area contributed by atoms with Crippen LogP contribution in [0.15, 0.2) is 12.3 Å². The van der Waals surface area contributed by atoms with E-state index in [9.17, 15) is 0 Å². The lowest BCUT2D eigenvalue weighted by Crippen LogP contribution is -1.99. The zero-order chi connectivity index (χ0) is 10.8. The fourth-order valence-corrected chi connectivity index (χ4v) is 1.74. The van der Waals surface area contributed by atoms with E-state index >= 15 is 0 Å². The summed E-state index contributed by atoms with van der Waals surface area (Å²) in [7, 11) is 1.64. The Kier molecular flexibility index (Phi) is 2.88. The standard InChI is InChI=1S/C10H12ClN3O/c1-3-7-5-12-14-9(11)4-8(6-15-2)13-10(7)14/h4-5H,3,6H2,1-2H3. The molecule has 0 N–H and O–H groups in total. The van der Waals surface area contributed by atoms with Gasteiger partial charge in [-0.3, -0.25) is 0 Å². The van der Waals surface area contributed by atoms with E-state index in [-0.39, 0.29) is 0 Å². The Morgan fingerprint density at radius 3 is 3.00 bits per heavy atom. The van der Waals surface area contributed by atoms with Crippen molar-refractivity contribution in [3.8, 4) is 0 Å². The van der Waals surface area contributed by atoms with Crippen molar-refractivity contribution in [3.63, 3.8) is 0 Å². The van der Waals surface area contributed by atoms with Gasteiger partial charge in [0, 0.05) is 12.7 Å². The highest BCUT2D eigenvalue weighted by molar-refractivity contribution is 6.29. The molecule has 0 unspecified atom stereocenters. The minimum atomic E-state index is 0.463. The third-order valence-corrected chi connectivity index (χ3v) is 2.50. The van der Waals surface area contributed by atoms with E-state index in [1.54, 1.807) is 23.9 Å². The normalized spacial score (nSPS) is 11.1. The summed E-state index contributed by atoms with van der Waals surface area (Å²) < 4.78 is 6.67. The van der Waals surface area contributed by atoms with E-state index in [1.807, 2.05) is 0 Å². The molecule has 0 aliphatic heterocycles. The van der Waals surface area contributed by atoms with Gasteiger partial charge in [-0.2, -0.15) is 5.10 Å². The molecule has 15 heavy (non-hydrogen) atoms. The Balaban J connectivity index is 2.60. The van der Waals surface area contributed by atoms with E-state index < -0.39 is 0 Å². The van der Waals surface area contributed by atoms with Crippen LogP contribution in [0.25, 0.3) is 5.65 Å². The van der Waals surface area contributed by atoms with E-state index in [4.69, 9.17) is 16.3 Å². The van der Waals surface area contributed by atoms with Crippen LogP contribution in [0.1, 0.15) is 18.2 Å². The first kappa shape index (κ1) is 10.4.